The van der Waals surface area contributed by atoms with Gasteiger partial charge in [-0.25, -0.2) is 5.43 Å². The molecule has 0 aliphatic rings. The van der Waals surface area contributed by atoms with E-state index < -0.39 is 0 Å². The van der Waals surface area contributed by atoms with Gasteiger partial charge < -0.3 is 9.30 Å². The van der Waals surface area contributed by atoms with Crippen molar-refractivity contribution in [2.45, 2.75) is 13.8 Å². The molecule has 1 N–H and O–H groups in total. The first-order valence-electron chi connectivity index (χ1n) is 8.53. The largest absolute Gasteiger partial charge is 0.496 e. The Morgan fingerprint density at radius 1 is 1.21 bits per heavy atom. The van der Waals surface area contributed by atoms with Crippen LogP contribution in [-0.2, 0) is 0 Å². The normalized spacial score (nSPS) is 11.0. The Kier molecular flexibility index (Phi) is 6.56. The fourth-order valence-corrected chi connectivity index (χ4v) is 3.97. The Balaban J connectivity index is 1.79. The van der Waals surface area contributed by atoms with Crippen molar-refractivity contribution in [2.24, 2.45) is 5.10 Å². The molecule has 3 aromatic rings. The molecular formula is C21H19BrIN3O2. The van der Waals surface area contributed by atoms with Crippen molar-refractivity contribution < 1.29 is 9.53 Å². The lowest BCUT2D eigenvalue weighted by atomic mass is 10.2. The van der Waals surface area contributed by atoms with Gasteiger partial charge >= 0.3 is 0 Å². The molecule has 0 radical (unpaired) electrons. The SMILES string of the molecule is COc1cc(C(=O)N/N=C\c2cc(C)n(-c3ccccc3Br)c2C)ccc1I. The lowest BCUT2D eigenvalue weighted by molar-refractivity contribution is 0.0954. The second-order valence-electron chi connectivity index (χ2n) is 6.16. The molecule has 0 bridgehead atoms. The molecule has 0 aliphatic carbocycles. The molecule has 2 aromatic carbocycles. The minimum Gasteiger partial charge on any atom is -0.496 e. The van der Waals surface area contributed by atoms with Crippen LogP contribution >= 0.6 is 38.5 Å². The third-order valence-corrected chi connectivity index (χ3v) is 5.91. The first-order chi connectivity index (χ1) is 13.4. The molecule has 1 heterocycles. The zero-order valence-electron chi connectivity index (χ0n) is 15.7. The summed E-state index contributed by atoms with van der Waals surface area (Å²) in [4.78, 5) is 12.3. The summed E-state index contributed by atoms with van der Waals surface area (Å²) in [6.07, 6.45) is 1.66. The Morgan fingerprint density at radius 3 is 2.68 bits per heavy atom. The predicted octanol–water partition coefficient (Wildman–Crippen LogP) is 5.23. The maximum atomic E-state index is 12.3. The summed E-state index contributed by atoms with van der Waals surface area (Å²) in [6, 6.07) is 15.4. The lowest BCUT2D eigenvalue weighted by Crippen LogP contribution is -2.17. The van der Waals surface area contributed by atoms with Crippen molar-refractivity contribution in [2.75, 3.05) is 7.11 Å². The van der Waals surface area contributed by atoms with Gasteiger partial charge in [0.25, 0.3) is 5.91 Å². The van der Waals surface area contributed by atoms with Gasteiger partial charge in [0.2, 0.25) is 0 Å². The van der Waals surface area contributed by atoms with Gasteiger partial charge in [-0.05, 0) is 88.8 Å². The van der Waals surface area contributed by atoms with E-state index in [4.69, 9.17) is 4.74 Å². The molecule has 0 spiro atoms. The predicted molar refractivity (Wildman–Crippen MR) is 124 cm³/mol. The Labute approximate surface area is 186 Å². The number of hydrazone groups is 1. The summed E-state index contributed by atoms with van der Waals surface area (Å²) >= 11 is 5.76. The minimum absolute atomic E-state index is 0.287. The third kappa shape index (κ3) is 4.30. The molecule has 0 saturated heterocycles. The van der Waals surface area contributed by atoms with E-state index >= 15 is 0 Å². The lowest BCUT2D eigenvalue weighted by Gasteiger charge is -2.11. The van der Waals surface area contributed by atoms with E-state index in [0.29, 0.717) is 11.3 Å². The molecule has 1 aromatic heterocycles. The van der Waals surface area contributed by atoms with Gasteiger partial charge in [-0.1, -0.05) is 12.1 Å². The van der Waals surface area contributed by atoms with Crippen molar-refractivity contribution in [3.05, 3.63) is 79.1 Å². The van der Waals surface area contributed by atoms with Crippen molar-refractivity contribution in [3.63, 3.8) is 0 Å². The number of carbonyl (C=O) groups excluding carboxylic acids is 1. The monoisotopic (exact) mass is 551 g/mol. The van der Waals surface area contributed by atoms with Crippen LogP contribution in [0.5, 0.6) is 5.75 Å². The maximum Gasteiger partial charge on any atom is 0.271 e. The van der Waals surface area contributed by atoms with E-state index in [0.717, 1.165) is 30.7 Å². The molecule has 28 heavy (non-hydrogen) atoms. The number of nitrogens with zero attached hydrogens (tertiary/aromatic N) is 2. The Morgan fingerprint density at radius 2 is 1.96 bits per heavy atom. The highest BCUT2D eigenvalue weighted by molar-refractivity contribution is 14.1. The van der Waals surface area contributed by atoms with Crippen LogP contribution in [0.3, 0.4) is 0 Å². The second kappa shape index (κ2) is 8.91. The highest BCUT2D eigenvalue weighted by Gasteiger charge is 2.12. The van der Waals surface area contributed by atoms with Crippen molar-refractivity contribution >= 4 is 50.6 Å². The van der Waals surface area contributed by atoms with E-state index in [1.165, 1.54) is 0 Å². The molecule has 7 heteroatoms. The second-order valence-corrected chi connectivity index (χ2v) is 8.18. The number of amides is 1. The van der Waals surface area contributed by atoms with Crippen molar-refractivity contribution in [3.8, 4) is 11.4 Å². The number of halogens is 2. The summed E-state index contributed by atoms with van der Waals surface area (Å²) in [5.41, 5.74) is 7.20. The van der Waals surface area contributed by atoms with E-state index in [9.17, 15) is 4.79 Å². The van der Waals surface area contributed by atoms with Gasteiger partial charge in [0.05, 0.1) is 22.6 Å². The molecule has 0 unspecified atom stereocenters. The van der Waals surface area contributed by atoms with Gasteiger partial charge in [0.1, 0.15) is 5.75 Å². The number of hydrogen-bond donors (Lipinski definition) is 1. The van der Waals surface area contributed by atoms with Gasteiger partial charge in [0.15, 0.2) is 0 Å². The first-order valence-corrected chi connectivity index (χ1v) is 10.4. The van der Waals surface area contributed by atoms with Gasteiger partial charge in [0, 0.05) is 27.0 Å². The number of aryl methyl sites for hydroxylation is 1. The van der Waals surface area contributed by atoms with Crippen molar-refractivity contribution in [1.82, 2.24) is 9.99 Å². The smallest absolute Gasteiger partial charge is 0.271 e. The number of para-hydroxylation sites is 1. The van der Waals surface area contributed by atoms with E-state index in [2.05, 4.69) is 59.7 Å². The molecule has 5 nitrogen and oxygen atoms in total. The molecular weight excluding hydrogens is 533 g/mol. The number of benzene rings is 2. The summed E-state index contributed by atoms with van der Waals surface area (Å²) < 4.78 is 9.37. The summed E-state index contributed by atoms with van der Waals surface area (Å²) in [6.45, 7) is 4.07. The number of ether oxygens (including phenoxy) is 1. The number of rotatable bonds is 5. The van der Waals surface area contributed by atoms with Crippen LogP contribution in [0.4, 0.5) is 0 Å². The van der Waals surface area contributed by atoms with Crippen LogP contribution < -0.4 is 10.2 Å². The molecule has 0 aliphatic heterocycles. The highest BCUT2D eigenvalue weighted by atomic mass is 127. The quantitative estimate of drug-likeness (QED) is 0.268. The molecule has 0 fully saturated rings. The topological polar surface area (TPSA) is 55.6 Å². The maximum absolute atomic E-state index is 12.3. The zero-order chi connectivity index (χ0) is 20.3. The Hall–Kier alpha value is -2.13. The summed E-state index contributed by atoms with van der Waals surface area (Å²) in [5.74, 6) is 0.375. The molecule has 1 amide bonds. The molecule has 144 valence electrons. The minimum atomic E-state index is -0.287. The standard InChI is InChI=1S/C21H19BrIN3O2/c1-13-10-16(14(2)26(13)19-7-5-4-6-17(19)22)12-24-25-21(27)15-8-9-18(23)20(11-15)28-3/h4-12H,1-3H3,(H,25,27)/b24-12-. The van der Waals surface area contributed by atoms with Crippen LogP contribution in [-0.4, -0.2) is 23.8 Å². The molecule has 0 atom stereocenters. The van der Waals surface area contributed by atoms with Gasteiger partial charge in [-0.3, -0.25) is 4.79 Å². The number of carbonyl (C=O) groups is 1. The fourth-order valence-electron chi connectivity index (χ4n) is 2.95. The number of aromatic nitrogens is 1. The van der Waals surface area contributed by atoms with Crippen LogP contribution in [0.25, 0.3) is 5.69 Å². The van der Waals surface area contributed by atoms with Gasteiger partial charge in [-0.15, -0.1) is 0 Å². The number of nitrogens with one attached hydrogen (secondary N) is 1. The Bertz CT molecular complexity index is 1060. The fraction of sp³-hybridized carbons (Fsp3) is 0.143. The molecule has 0 saturated carbocycles. The van der Waals surface area contributed by atoms with Crippen LogP contribution in [0, 0.1) is 17.4 Å². The van der Waals surface area contributed by atoms with E-state index in [1.807, 2.05) is 44.2 Å². The van der Waals surface area contributed by atoms with Crippen LogP contribution in [0.2, 0.25) is 0 Å². The summed E-state index contributed by atoms with van der Waals surface area (Å²) in [7, 11) is 1.58. The van der Waals surface area contributed by atoms with Crippen LogP contribution in [0.15, 0.2) is 58.1 Å². The first kappa shape index (κ1) is 20.6. The van der Waals surface area contributed by atoms with E-state index in [1.54, 1.807) is 25.5 Å². The summed E-state index contributed by atoms with van der Waals surface area (Å²) in [5, 5.41) is 4.13. The van der Waals surface area contributed by atoms with E-state index in [-0.39, 0.29) is 5.91 Å². The van der Waals surface area contributed by atoms with Crippen molar-refractivity contribution in [1.29, 1.82) is 0 Å². The highest BCUT2D eigenvalue weighted by Crippen LogP contribution is 2.26. The number of hydrogen-bond acceptors (Lipinski definition) is 3. The zero-order valence-corrected chi connectivity index (χ0v) is 19.4. The average molecular weight is 552 g/mol. The van der Waals surface area contributed by atoms with Crippen LogP contribution in [0.1, 0.15) is 27.3 Å². The van der Waals surface area contributed by atoms with Gasteiger partial charge in [-0.2, -0.15) is 5.10 Å². The third-order valence-electron chi connectivity index (χ3n) is 4.35. The average Bonchev–Trinajstić information content (AvgIpc) is 2.96. The number of methoxy groups -OCH3 is 1. The molecule has 3 rings (SSSR count).